The molecule has 4 heteroatoms. The highest BCUT2D eigenvalue weighted by Crippen LogP contribution is 2.31. The van der Waals surface area contributed by atoms with Crippen molar-refractivity contribution in [3.8, 4) is 0 Å². The van der Waals surface area contributed by atoms with Crippen molar-refractivity contribution in [2.24, 2.45) is 0 Å². The van der Waals surface area contributed by atoms with Gasteiger partial charge in [0.15, 0.2) is 0 Å². The third-order valence-corrected chi connectivity index (χ3v) is 5.68. The minimum absolute atomic E-state index is 0.219. The number of nitrogens with one attached hydrogen (secondary N) is 1. The molecule has 0 atom stereocenters. The molecule has 3 nitrogen and oxygen atoms in total. The molecule has 0 radical (unpaired) electrons. The summed E-state index contributed by atoms with van der Waals surface area (Å²) in [5.41, 5.74) is 5.73. The zero-order valence-electron chi connectivity index (χ0n) is 15.2. The van der Waals surface area contributed by atoms with Crippen molar-refractivity contribution in [1.82, 2.24) is 9.88 Å². The largest absolute Gasteiger partial charge is 0.358 e. The Bertz CT molecular complexity index is 954. The van der Waals surface area contributed by atoms with E-state index in [0.717, 1.165) is 39.5 Å². The Morgan fingerprint density at radius 1 is 1.15 bits per heavy atom. The Hall–Kier alpha value is -2.07. The first kappa shape index (κ1) is 17.3. The molecule has 1 aliphatic rings. The number of aryl methyl sites for hydroxylation is 2. The number of nitrogens with zero attached hydrogens (tertiary/aromatic N) is 1. The van der Waals surface area contributed by atoms with E-state index in [1.165, 1.54) is 11.1 Å². The lowest BCUT2D eigenvalue weighted by molar-refractivity contribution is -0.131. The first-order valence-corrected chi connectivity index (χ1v) is 9.92. The van der Waals surface area contributed by atoms with Gasteiger partial charge in [-0.2, -0.15) is 0 Å². The van der Waals surface area contributed by atoms with E-state index in [2.05, 4.69) is 76.1 Å². The Kier molecular flexibility index (Phi) is 4.62. The van der Waals surface area contributed by atoms with Gasteiger partial charge in [-0.3, -0.25) is 4.79 Å². The van der Waals surface area contributed by atoms with Gasteiger partial charge in [0, 0.05) is 33.7 Å². The summed E-state index contributed by atoms with van der Waals surface area (Å²) in [5, 5.41) is 1.14. The van der Waals surface area contributed by atoms with E-state index < -0.39 is 0 Å². The standard InChI is InChI=1S/C22H23BrN2O/c1-14-3-5-16(6-4-14)13-25(18-8-9-18)22(26)12-19-15(2)24-21-10-7-17(23)11-20(19)21/h3-7,10-11,18,24H,8-9,12-13H2,1-2H3. The molecule has 26 heavy (non-hydrogen) atoms. The van der Waals surface area contributed by atoms with E-state index in [9.17, 15) is 4.79 Å². The predicted octanol–water partition coefficient (Wildman–Crippen LogP) is 5.28. The maximum absolute atomic E-state index is 13.1. The van der Waals surface area contributed by atoms with E-state index in [0.29, 0.717) is 19.0 Å². The summed E-state index contributed by atoms with van der Waals surface area (Å²) in [6, 6.07) is 15.1. The van der Waals surface area contributed by atoms with Crippen molar-refractivity contribution in [3.63, 3.8) is 0 Å². The summed E-state index contributed by atoms with van der Waals surface area (Å²) < 4.78 is 1.04. The Morgan fingerprint density at radius 3 is 2.58 bits per heavy atom. The monoisotopic (exact) mass is 410 g/mol. The number of halogens is 1. The molecule has 1 heterocycles. The number of rotatable bonds is 5. The molecule has 2 aromatic carbocycles. The number of carbonyl (C=O) groups is 1. The lowest BCUT2D eigenvalue weighted by Gasteiger charge is -2.23. The maximum atomic E-state index is 13.1. The Morgan fingerprint density at radius 2 is 1.88 bits per heavy atom. The Labute approximate surface area is 162 Å². The summed E-state index contributed by atoms with van der Waals surface area (Å²) in [6.07, 6.45) is 2.69. The third kappa shape index (κ3) is 3.56. The van der Waals surface area contributed by atoms with Gasteiger partial charge >= 0.3 is 0 Å². The summed E-state index contributed by atoms with van der Waals surface area (Å²) in [4.78, 5) is 18.6. The van der Waals surface area contributed by atoms with Crippen LogP contribution in [0, 0.1) is 13.8 Å². The van der Waals surface area contributed by atoms with Crippen LogP contribution in [-0.4, -0.2) is 21.8 Å². The van der Waals surface area contributed by atoms with Crippen LogP contribution in [0.15, 0.2) is 46.9 Å². The van der Waals surface area contributed by atoms with E-state index in [1.54, 1.807) is 0 Å². The second-order valence-corrected chi connectivity index (χ2v) is 8.25. The average Bonchev–Trinajstić information content (AvgIpc) is 3.41. The molecule has 0 aliphatic heterocycles. The summed E-state index contributed by atoms with van der Waals surface area (Å²) in [6.45, 7) is 4.85. The second-order valence-electron chi connectivity index (χ2n) is 7.33. The van der Waals surface area contributed by atoms with Gasteiger partial charge in [0.1, 0.15) is 0 Å². The maximum Gasteiger partial charge on any atom is 0.227 e. The lowest BCUT2D eigenvalue weighted by atomic mass is 10.1. The molecule has 0 bridgehead atoms. The number of aromatic amines is 1. The van der Waals surface area contributed by atoms with E-state index in [4.69, 9.17) is 0 Å². The van der Waals surface area contributed by atoms with Gasteiger partial charge in [-0.15, -0.1) is 0 Å². The predicted molar refractivity (Wildman–Crippen MR) is 109 cm³/mol. The molecule has 1 amide bonds. The van der Waals surface area contributed by atoms with Gasteiger partial charge in [-0.25, -0.2) is 0 Å². The summed E-state index contributed by atoms with van der Waals surface area (Å²) in [5.74, 6) is 0.219. The summed E-state index contributed by atoms with van der Waals surface area (Å²) in [7, 11) is 0. The van der Waals surface area contributed by atoms with Crippen LogP contribution in [-0.2, 0) is 17.8 Å². The quantitative estimate of drug-likeness (QED) is 0.609. The molecule has 0 spiro atoms. The van der Waals surface area contributed by atoms with E-state index in [-0.39, 0.29) is 5.91 Å². The SMILES string of the molecule is Cc1ccc(CN(C(=O)Cc2c(C)[nH]c3ccc(Br)cc23)C2CC2)cc1. The minimum Gasteiger partial charge on any atom is -0.358 e. The lowest BCUT2D eigenvalue weighted by Crippen LogP contribution is -2.33. The van der Waals surface area contributed by atoms with Gasteiger partial charge in [0.05, 0.1) is 6.42 Å². The van der Waals surface area contributed by atoms with Crippen LogP contribution in [0.4, 0.5) is 0 Å². The fraction of sp³-hybridized carbons (Fsp3) is 0.318. The topological polar surface area (TPSA) is 36.1 Å². The zero-order valence-corrected chi connectivity index (χ0v) is 16.8. The molecule has 3 aromatic rings. The van der Waals surface area contributed by atoms with Crippen LogP contribution >= 0.6 is 15.9 Å². The van der Waals surface area contributed by atoms with Crippen molar-refractivity contribution in [3.05, 3.63) is 69.3 Å². The fourth-order valence-corrected chi connectivity index (χ4v) is 3.89. The van der Waals surface area contributed by atoms with Crippen LogP contribution in [0.3, 0.4) is 0 Å². The fourth-order valence-electron chi connectivity index (χ4n) is 3.53. The molecule has 4 rings (SSSR count). The molecule has 0 unspecified atom stereocenters. The van der Waals surface area contributed by atoms with E-state index >= 15 is 0 Å². The van der Waals surface area contributed by atoms with E-state index in [1.807, 2.05) is 6.07 Å². The Balaban J connectivity index is 1.58. The highest BCUT2D eigenvalue weighted by Gasteiger charge is 2.32. The van der Waals surface area contributed by atoms with Gasteiger partial charge in [0.2, 0.25) is 5.91 Å². The molecule has 0 saturated heterocycles. The molecule has 134 valence electrons. The number of fused-ring (bicyclic) bond motifs is 1. The van der Waals surface area contributed by atoms with Gasteiger partial charge in [0.25, 0.3) is 0 Å². The highest BCUT2D eigenvalue weighted by molar-refractivity contribution is 9.10. The number of carbonyl (C=O) groups excluding carboxylic acids is 1. The first-order chi connectivity index (χ1) is 12.5. The molecular weight excluding hydrogens is 388 g/mol. The first-order valence-electron chi connectivity index (χ1n) is 9.13. The molecule has 1 aliphatic carbocycles. The van der Waals surface area contributed by atoms with Crippen molar-refractivity contribution in [2.75, 3.05) is 0 Å². The number of aromatic nitrogens is 1. The van der Waals surface area contributed by atoms with Gasteiger partial charge < -0.3 is 9.88 Å². The van der Waals surface area contributed by atoms with Crippen LogP contribution < -0.4 is 0 Å². The molecule has 1 N–H and O–H groups in total. The minimum atomic E-state index is 0.219. The van der Waals surface area contributed by atoms with Gasteiger partial charge in [-0.1, -0.05) is 45.8 Å². The number of hydrogen-bond acceptors (Lipinski definition) is 1. The zero-order chi connectivity index (χ0) is 18.3. The molecule has 1 fully saturated rings. The third-order valence-electron chi connectivity index (χ3n) is 5.19. The van der Waals surface area contributed by atoms with Crippen molar-refractivity contribution in [2.45, 2.75) is 45.7 Å². The van der Waals surface area contributed by atoms with Crippen LogP contribution in [0.5, 0.6) is 0 Å². The van der Waals surface area contributed by atoms with Crippen LogP contribution in [0.1, 0.15) is 35.2 Å². The number of H-pyrrole nitrogens is 1. The van der Waals surface area contributed by atoms with Crippen molar-refractivity contribution in [1.29, 1.82) is 0 Å². The normalized spacial score (nSPS) is 14.0. The van der Waals surface area contributed by atoms with Crippen molar-refractivity contribution < 1.29 is 4.79 Å². The van der Waals surface area contributed by atoms with Crippen molar-refractivity contribution >= 4 is 32.7 Å². The molecule has 1 saturated carbocycles. The van der Waals surface area contributed by atoms with Gasteiger partial charge in [-0.05, 0) is 56.0 Å². The highest BCUT2D eigenvalue weighted by atomic mass is 79.9. The number of benzene rings is 2. The second kappa shape index (κ2) is 6.92. The van der Waals surface area contributed by atoms with Crippen LogP contribution in [0.25, 0.3) is 10.9 Å². The molecule has 1 aromatic heterocycles. The summed E-state index contributed by atoms with van der Waals surface area (Å²) >= 11 is 3.55. The number of amides is 1. The smallest absolute Gasteiger partial charge is 0.227 e. The molecular formula is C22H23BrN2O. The number of hydrogen-bond donors (Lipinski definition) is 1. The average molecular weight is 411 g/mol. The van der Waals surface area contributed by atoms with Crippen LogP contribution in [0.2, 0.25) is 0 Å².